The Hall–Kier alpha value is -0.240. The Bertz CT molecular complexity index is 518. The molecule has 0 aromatic heterocycles. The molecule has 0 saturated heterocycles. The Labute approximate surface area is 119 Å². The highest BCUT2D eigenvalue weighted by Gasteiger charge is 2.84. The van der Waals surface area contributed by atoms with Crippen molar-refractivity contribution in [2.24, 2.45) is 5.92 Å². The number of hydrogen-bond acceptors (Lipinski definition) is 0. The zero-order chi connectivity index (χ0) is 13.6. The molecule has 1 aromatic carbocycles. The summed E-state index contributed by atoms with van der Waals surface area (Å²) >= 11 is 13.3. The molecule has 1 heterocycles. The maximum Gasteiger partial charge on any atom is 0.138 e. The first-order chi connectivity index (χ1) is 8.09. The summed E-state index contributed by atoms with van der Waals surface area (Å²) < 4.78 is 0.170. The molecule has 1 aromatic rings. The number of para-hydroxylation sites is 1. The normalized spacial score (nSPS) is 37.6. The summed E-state index contributed by atoms with van der Waals surface area (Å²) in [7, 11) is 4.50. The predicted octanol–water partition coefficient (Wildman–Crippen LogP) is 4.11. The van der Waals surface area contributed by atoms with Gasteiger partial charge in [-0.05, 0) is 19.9 Å². The van der Waals surface area contributed by atoms with Crippen molar-refractivity contribution in [3.05, 3.63) is 29.8 Å². The Balaban J connectivity index is 2.35. The molecule has 18 heavy (non-hydrogen) atoms. The second-order valence-corrected chi connectivity index (χ2v) is 8.27. The molecule has 2 atom stereocenters. The van der Waals surface area contributed by atoms with Crippen molar-refractivity contribution < 1.29 is 0 Å². The quantitative estimate of drug-likeness (QED) is 0.497. The molecule has 2 aliphatic rings. The van der Waals surface area contributed by atoms with Gasteiger partial charge in [0.05, 0.1) is 20.0 Å². The van der Waals surface area contributed by atoms with Crippen molar-refractivity contribution >= 4 is 28.9 Å². The van der Waals surface area contributed by atoms with E-state index in [1.165, 1.54) is 11.3 Å². The molecule has 1 nitrogen and oxygen atoms in total. The molecule has 3 heteroatoms. The van der Waals surface area contributed by atoms with Gasteiger partial charge >= 0.3 is 0 Å². The zero-order valence-electron chi connectivity index (χ0n) is 11.6. The van der Waals surface area contributed by atoms with Crippen LogP contribution in [0.2, 0.25) is 0 Å². The maximum absolute atomic E-state index is 6.65. The van der Waals surface area contributed by atoms with Crippen LogP contribution in [-0.2, 0) is 5.41 Å². The lowest BCUT2D eigenvalue weighted by Crippen LogP contribution is -2.62. The zero-order valence-corrected chi connectivity index (χ0v) is 13.1. The molecule has 1 fully saturated rings. The number of halogens is 2. The first-order valence-corrected chi connectivity index (χ1v) is 7.17. The Morgan fingerprint density at radius 3 is 2.22 bits per heavy atom. The van der Waals surface area contributed by atoms with E-state index in [9.17, 15) is 0 Å². The SMILES string of the molecule is CC12c3ccccc3[N+](C)(C)C(C)(C)C1C2(Cl)Cl. The van der Waals surface area contributed by atoms with Gasteiger partial charge in [-0.1, -0.05) is 25.1 Å². The van der Waals surface area contributed by atoms with Gasteiger partial charge in [0.2, 0.25) is 0 Å². The van der Waals surface area contributed by atoms with Crippen LogP contribution in [0.3, 0.4) is 0 Å². The minimum Gasteiger partial charge on any atom is -0.291 e. The van der Waals surface area contributed by atoms with Crippen LogP contribution in [-0.4, -0.2) is 24.0 Å². The number of rotatable bonds is 0. The van der Waals surface area contributed by atoms with E-state index in [0.29, 0.717) is 0 Å². The number of nitrogens with zero attached hydrogens (tertiary/aromatic N) is 1. The van der Waals surface area contributed by atoms with Crippen molar-refractivity contribution in [1.29, 1.82) is 0 Å². The Kier molecular flexibility index (Phi) is 2.19. The van der Waals surface area contributed by atoms with Crippen LogP contribution >= 0.6 is 23.2 Å². The van der Waals surface area contributed by atoms with E-state index in [-0.39, 0.29) is 16.9 Å². The molecule has 2 unspecified atom stereocenters. The van der Waals surface area contributed by atoms with Crippen molar-refractivity contribution in [3.8, 4) is 0 Å². The summed E-state index contributed by atoms with van der Waals surface area (Å²) in [5.74, 6) is 0.283. The van der Waals surface area contributed by atoms with Crippen LogP contribution in [0.4, 0.5) is 5.69 Å². The maximum atomic E-state index is 6.65. The largest absolute Gasteiger partial charge is 0.291 e. The highest BCUT2D eigenvalue weighted by atomic mass is 35.5. The molecule has 3 rings (SSSR count). The second-order valence-electron chi connectivity index (χ2n) is 6.88. The standard InChI is InChI=1S/C15H20Cl2N/c1-13(2)12-14(3,15(12,16)17)10-8-6-7-9-11(10)18(13,4)5/h6-9,12H,1-5H3/q+1. The fraction of sp³-hybridized carbons (Fsp3) is 0.600. The lowest BCUT2D eigenvalue weighted by molar-refractivity contribution is 0.143. The highest BCUT2D eigenvalue weighted by Crippen LogP contribution is 2.77. The van der Waals surface area contributed by atoms with E-state index in [2.05, 4.69) is 59.1 Å². The van der Waals surface area contributed by atoms with Gasteiger partial charge in [-0.2, -0.15) is 0 Å². The fourth-order valence-corrected chi connectivity index (χ4v) is 5.33. The summed E-state index contributed by atoms with van der Waals surface area (Å²) in [6.07, 6.45) is 0. The molecule has 0 spiro atoms. The topological polar surface area (TPSA) is 0 Å². The van der Waals surface area contributed by atoms with E-state index in [1.54, 1.807) is 0 Å². The van der Waals surface area contributed by atoms with Gasteiger partial charge in [-0.25, -0.2) is 0 Å². The van der Waals surface area contributed by atoms with Gasteiger partial charge in [0.1, 0.15) is 15.6 Å². The Morgan fingerprint density at radius 1 is 1.06 bits per heavy atom. The van der Waals surface area contributed by atoms with Crippen molar-refractivity contribution in [3.63, 3.8) is 0 Å². The molecular weight excluding hydrogens is 265 g/mol. The smallest absolute Gasteiger partial charge is 0.138 e. The van der Waals surface area contributed by atoms with Gasteiger partial charge in [0, 0.05) is 11.0 Å². The van der Waals surface area contributed by atoms with Gasteiger partial charge in [0.25, 0.3) is 0 Å². The lowest BCUT2D eigenvalue weighted by atomic mass is 9.78. The predicted molar refractivity (Wildman–Crippen MR) is 79.4 cm³/mol. The van der Waals surface area contributed by atoms with Gasteiger partial charge in [0.15, 0.2) is 0 Å². The van der Waals surface area contributed by atoms with Crippen LogP contribution < -0.4 is 4.48 Å². The number of hydrogen-bond donors (Lipinski definition) is 0. The summed E-state index contributed by atoms with van der Waals surface area (Å²) in [5, 5.41) is 0. The lowest BCUT2D eigenvalue weighted by Gasteiger charge is -2.49. The van der Waals surface area contributed by atoms with Crippen LogP contribution in [0.1, 0.15) is 26.3 Å². The molecule has 98 valence electrons. The first kappa shape index (κ1) is 12.8. The van der Waals surface area contributed by atoms with E-state index < -0.39 is 4.33 Å². The Morgan fingerprint density at radius 2 is 1.61 bits per heavy atom. The van der Waals surface area contributed by atoms with Crippen molar-refractivity contribution in [1.82, 2.24) is 4.48 Å². The summed E-state index contributed by atoms with van der Waals surface area (Å²) in [4.78, 5) is 0. The van der Waals surface area contributed by atoms with Gasteiger partial charge < -0.3 is 0 Å². The minimum absolute atomic E-state index is 0.0204. The first-order valence-electron chi connectivity index (χ1n) is 6.41. The van der Waals surface area contributed by atoms with Crippen LogP contribution in [0, 0.1) is 5.92 Å². The van der Waals surface area contributed by atoms with Gasteiger partial charge in [-0.3, -0.25) is 4.48 Å². The third kappa shape index (κ3) is 1.07. The number of alkyl halides is 2. The summed E-state index contributed by atoms with van der Waals surface area (Å²) in [6, 6.07) is 8.58. The van der Waals surface area contributed by atoms with Gasteiger partial charge in [-0.15, -0.1) is 23.2 Å². The van der Waals surface area contributed by atoms with E-state index in [1.807, 2.05) is 0 Å². The molecular formula is C15H20Cl2N+. The molecule has 0 bridgehead atoms. The summed E-state index contributed by atoms with van der Waals surface area (Å²) in [5.41, 5.74) is 2.55. The van der Waals surface area contributed by atoms with Crippen LogP contribution in [0.15, 0.2) is 24.3 Å². The monoisotopic (exact) mass is 284 g/mol. The molecule has 1 aliphatic carbocycles. The summed E-state index contributed by atoms with van der Waals surface area (Å²) in [6.45, 7) is 6.76. The molecule has 0 N–H and O–H groups in total. The molecule has 0 radical (unpaired) electrons. The third-order valence-corrected chi connectivity index (χ3v) is 6.98. The van der Waals surface area contributed by atoms with Crippen LogP contribution in [0.5, 0.6) is 0 Å². The fourth-order valence-electron chi connectivity index (χ4n) is 4.05. The molecule has 0 amide bonds. The average molecular weight is 285 g/mol. The molecule has 1 aliphatic heterocycles. The number of quaternary nitrogens is 1. The van der Waals surface area contributed by atoms with E-state index >= 15 is 0 Å². The average Bonchev–Trinajstić information content (AvgIpc) is 2.73. The van der Waals surface area contributed by atoms with E-state index in [0.717, 1.165) is 4.48 Å². The third-order valence-electron chi connectivity index (χ3n) is 5.76. The van der Waals surface area contributed by atoms with Crippen molar-refractivity contribution in [2.45, 2.75) is 36.1 Å². The van der Waals surface area contributed by atoms with Crippen molar-refractivity contribution in [2.75, 3.05) is 14.1 Å². The number of fused-ring (bicyclic) bond motifs is 3. The van der Waals surface area contributed by atoms with Crippen LogP contribution in [0.25, 0.3) is 0 Å². The minimum atomic E-state index is -0.654. The van der Waals surface area contributed by atoms with E-state index in [4.69, 9.17) is 23.2 Å². The number of benzene rings is 1. The highest BCUT2D eigenvalue weighted by molar-refractivity contribution is 6.52. The molecule has 1 saturated carbocycles. The second kappa shape index (κ2) is 3.08.